The Balaban J connectivity index is 3.86. The van der Waals surface area contributed by atoms with E-state index in [0.29, 0.717) is 0 Å². The number of amidine groups is 1. The zero-order valence-electron chi connectivity index (χ0n) is 6.83. The average molecular weight is 159 g/mol. The van der Waals surface area contributed by atoms with E-state index in [1.807, 2.05) is 25.3 Å². The fourth-order valence-electron chi connectivity index (χ4n) is 0.367. The summed E-state index contributed by atoms with van der Waals surface area (Å²) in [6.07, 6.45) is 3.69. The van der Waals surface area contributed by atoms with Gasteiger partial charge < -0.3 is 4.90 Å². The van der Waals surface area contributed by atoms with Gasteiger partial charge in [-0.3, -0.25) is 4.99 Å². The average Bonchev–Trinajstić information content (AvgIpc) is 1.90. The lowest BCUT2D eigenvalue weighted by Gasteiger charge is -2.01. The van der Waals surface area contributed by atoms with E-state index in [1.165, 1.54) is 11.8 Å². The molecular formula is C6H13N3S. The van der Waals surface area contributed by atoms with Crippen LogP contribution in [0, 0.1) is 0 Å². The molecule has 0 aliphatic heterocycles. The molecule has 3 nitrogen and oxygen atoms in total. The molecule has 0 amide bonds. The summed E-state index contributed by atoms with van der Waals surface area (Å²) < 4.78 is 0. The van der Waals surface area contributed by atoms with Gasteiger partial charge in [0.2, 0.25) is 0 Å². The lowest BCUT2D eigenvalue weighted by molar-refractivity contribution is 0.644. The lowest BCUT2D eigenvalue weighted by atomic mass is 10.9. The van der Waals surface area contributed by atoms with Crippen molar-refractivity contribution >= 4 is 23.3 Å². The molecule has 0 rings (SSSR count). The van der Waals surface area contributed by atoms with Crippen LogP contribution in [0.15, 0.2) is 9.98 Å². The Bertz CT molecular complexity index is 140. The Labute approximate surface area is 66.2 Å². The van der Waals surface area contributed by atoms with Gasteiger partial charge >= 0.3 is 0 Å². The van der Waals surface area contributed by atoms with Gasteiger partial charge in [0.15, 0.2) is 5.17 Å². The van der Waals surface area contributed by atoms with Crippen molar-refractivity contribution in [1.29, 1.82) is 0 Å². The molecule has 0 aromatic heterocycles. The molecule has 4 heteroatoms. The zero-order valence-corrected chi connectivity index (χ0v) is 7.64. The molecule has 0 aliphatic carbocycles. The summed E-state index contributed by atoms with van der Waals surface area (Å²) in [5, 5.41) is 0.800. The van der Waals surface area contributed by atoms with Gasteiger partial charge in [-0.2, -0.15) is 0 Å². The van der Waals surface area contributed by atoms with Crippen LogP contribution >= 0.6 is 11.8 Å². The molecule has 0 aliphatic rings. The number of thioether (sulfide) groups is 1. The molecule has 0 unspecified atom stereocenters. The van der Waals surface area contributed by atoms with E-state index >= 15 is 0 Å². The molecule has 10 heavy (non-hydrogen) atoms. The SMILES string of the molecule is CN=C(/N=C/N(C)C)SC. The Morgan fingerprint density at radius 3 is 2.40 bits per heavy atom. The normalized spacial score (nSPS) is 12.6. The highest BCUT2D eigenvalue weighted by atomic mass is 32.2. The van der Waals surface area contributed by atoms with E-state index in [4.69, 9.17) is 0 Å². The molecule has 0 saturated heterocycles. The van der Waals surface area contributed by atoms with Gasteiger partial charge in [0, 0.05) is 21.1 Å². The molecule has 0 fully saturated rings. The minimum atomic E-state index is 0.800. The first-order valence-corrected chi connectivity index (χ1v) is 4.14. The van der Waals surface area contributed by atoms with Gasteiger partial charge in [0.1, 0.15) is 0 Å². The van der Waals surface area contributed by atoms with Gasteiger partial charge in [-0.25, -0.2) is 4.99 Å². The minimum absolute atomic E-state index is 0.800. The molecule has 0 aromatic carbocycles. The summed E-state index contributed by atoms with van der Waals surface area (Å²) in [7, 11) is 5.59. The molecule has 0 saturated carbocycles. The molecule has 58 valence electrons. The highest BCUT2D eigenvalue weighted by molar-refractivity contribution is 8.13. The van der Waals surface area contributed by atoms with Crippen LogP contribution in [0.2, 0.25) is 0 Å². The smallest absolute Gasteiger partial charge is 0.183 e. The first-order chi connectivity index (χ1) is 4.70. The van der Waals surface area contributed by atoms with Gasteiger partial charge in [0.05, 0.1) is 6.34 Å². The quantitative estimate of drug-likeness (QED) is 0.420. The van der Waals surface area contributed by atoms with E-state index < -0.39 is 0 Å². The third kappa shape index (κ3) is 4.38. The number of hydrogen-bond acceptors (Lipinski definition) is 2. The molecule has 0 N–H and O–H groups in total. The summed E-state index contributed by atoms with van der Waals surface area (Å²) in [5.74, 6) is 0. The van der Waals surface area contributed by atoms with Crippen LogP contribution in [0.3, 0.4) is 0 Å². The van der Waals surface area contributed by atoms with E-state index in [2.05, 4.69) is 9.98 Å². The van der Waals surface area contributed by atoms with Gasteiger partial charge in [0.25, 0.3) is 0 Å². The van der Waals surface area contributed by atoms with Crippen LogP contribution in [0.1, 0.15) is 0 Å². The molecule has 0 bridgehead atoms. The fraction of sp³-hybridized carbons (Fsp3) is 0.667. The van der Waals surface area contributed by atoms with Crippen LogP contribution in [0.25, 0.3) is 0 Å². The van der Waals surface area contributed by atoms with Crippen LogP contribution in [0.4, 0.5) is 0 Å². The maximum absolute atomic E-state index is 4.07. The number of nitrogens with zero attached hydrogens (tertiary/aromatic N) is 3. The summed E-state index contributed by atoms with van der Waals surface area (Å²) in [6, 6.07) is 0. The Morgan fingerprint density at radius 2 is 2.10 bits per heavy atom. The molecule has 0 heterocycles. The molecular weight excluding hydrogens is 146 g/mol. The molecule has 0 radical (unpaired) electrons. The monoisotopic (exact) mass is 159 g/mol. The maximum atomic E-state index is 4.07. The second kappa shape index (κ2) is 5.29. The van der Waals surface area contributed by atoms with E-state index in [1.54, 1.807) is 13.4 Å². The lowest BCUT2D eigenvalue weighted by Crippen LogP contribution is -2.08. The fourth-order valence-corrected chi connectivity index (χ4v) is 0.702. The van der Waals surface area contributed by atoms with Crippen molar-refractivity contribution in [2.45, 2.75) is 0 Å². The van der Waals surface area contributed by atoms with Crippen molar-refractivity contribution in [3.05, 3.63) is 0 Å². The van der Waals surface area contributed by atoms with E-state index in [-0.39, 0.29) is 0 Å². The highest BCUT2D eigenvalue weighted by Crippen LogP contribution is 1.97. The van der Waals surface area contributed by atoms with Crippen molar-refractivity contribution in [2.24, 2.45) is 9.98 Å². The van der Waals surface area contributed by atoms with Crippen LogP contribution in [-0.2, 0) is 0 Å². The number of hydrogen-bond donors (Lipinski definition) is 0. The first-order valence-electron chi connectivity index (χ1n) is 2.92. The summed E-state index contributed by atoms with van der Waals surface area (Å²) in [5.41, 5.74) is 0. The number of aliphatic imine (C=N–C) groups is 2. The third-order valence-corrected chi connectivity index (χ3v) is 1.43. The van der Waals surface area contributed by atoms with E-state index in [9.17, 15) is 0 Å². The predicted octanol–water partition coefficient (Wildman–Crippen LogP) is 0.925. The van der Waals surface area contributed by atoms with Crippen LogP contribution in [-0.4, -0.2) is 43.8 Å². The maximum Gasteiger partial charge on any atom is 0.183 e. The zero-order chi connectivity index (χ0) is 7.98. The second-order valence-corrected chi connectivity index (χ2v) is 2.69. The Morgan fingerprint density at radius 1 is 1.50 bits per heavy atom. The topological polar surface area (TPSA) is 28.0 Å². The minimum Gasteiger partial charge on any atom is -0.369 e. The van der Waals surface area contributed by atoms with Gasteiger partial charge in [-0.05, 0) is 6.26 Å². The Hall–Kier alpha value is -0.510. The first kappa shape index (κ1) is 9.49. The van der Waals surface area contributed by atoms with Crippen LogP contribution in [0.5, 0.6) is 0 Å². The second-order valence-electron chi connectivity index (χ2n) is 1.92. The van der Waals surface area contributed by atoms with Gasteiger partial charge in [-0.15, -0.1) is 0 Å². The summed E-state index contributed by atoms with van der Waals surface area (Å²) >= 11 is 1.54. The largest absolute Gasteiger partial charge is 0.369 e. The highest BCUT2D eigenvalue weighted by Gasteiger charge is 1.87. The van der Waals surface area contributed by atoms with Crippen molar-refractivity contribution in [1.82, 2.24) is 4.90 Å². The van der Waals surface area contributed by atoms with Gasteiger partial charge in [-0.1, -0.05) is 11.8 Å². The molecule has 0 aromatic rings. The Kier molecular flexibility index (Phi) is 5.02. The van der Waals surface area contributed by atoms with Crippen molar-refractivity contribution in [3.63, 3.8) is 0 Å². The van der Waals surface area contributed by atoms with E-state index in [0.717, 1.165) is 5.17 Å². The van der Waals surface area contributed by atoms with Crippen LogP contribution < -0.4 is 0 Å². The standard InChI is InChI=1S/C6H13N3S/c1-7-6(10-4)8-5-9(2)3/h5H,1-4H3/b7-6?,8-5+. The summed E-state index contributed by atoms with van der Waals surface area (Å²) in [6.45, 7) is 0. The summed E-state index contributed by atoms with van der Waals surface area (Å²) in [4.78, 5) is 9.88. The predicted molar refractivity (Wildman–Crippen MR) is 49.1 cm³/mol. The molecule has 0 atom stereocenters. The molecule has 0 spiro atoms. The van der Waals surface area contributed by atoms with Crippen molar-refractivity contribution in [3.8, 4) is 0 Å². The number of rotatable bonds is 1. The van der Waals surface area contributed by atoms with Crippen molar-refractivity contribution < 1.29 is 0 Å². The van der Waals surface area contributed by atoms with Crippen molar-refractivity contribution in [2.75, 3.05) is 27.4 Å². The third-order valence-electron chi connectivity index (χ3n) is 0.773.